The van der Waals surface area contributed by atoms with Crippen LogP contribution in [0.2, 0.25) is 0 Å². The van der Waals surface area contributed by atoms with E-state index in [0.717, 1.165) is 0 Å². The van der Waals surface area contributed by atoms with Gasteiger partial charge in [0.05, 0.1) is 0 Å². The summed E-state index contributed by atoms with van der Waals surface area (Å²) < 4.78 is 6.07. The van der Waals surface area contributed by atoms with Crippen LogP contribution in [-0.2, 0) is 5.41 Å². The molecule has 0 aliphatic carbocycles. The van der Waals surface area contributed by atoms with Gasteiger partial charge in [0.15, 0.2) is 0 Å². The van der Waals surface area contributed by atoms with Gasteiger partial charge in [-0.15, -0.1) is 0 Å². The Morgan fingerprint density at radius 3 is 1.62 bits per heavy atom. The number of hydrogen-bond acceptors (Lipinski definition) is 2. The van der Waals surface area contributed by atoms with Gasteiger partial charge in [-0.3, -0.25) is 0 Å². The van der Waals surface area contributed by atoms with Gasteiger partial charge in [0.1, 0.15) is 0 Å². The van der Waals surface area contributed by atoms with E-state index in [-0.39, 0.29) is 5.41 Å². The van der Waals surface area contributed by atoms with Crippen LogP contribution >= 0.6 is 11.8 Å². The van der Waals surface area contributed by atoms with Crippen molar-refractivity contribution in [3.8, 4) is 0 Å². The van der Waals surface area contributed by atoms with Gasteiger partial charge in [0.25, 0.3) is 0 Å². The van der Waals surface area contributed by atoms with Crippen LogP contribution in [0.4, 0.5) is 17.1 Å². The molecular formula is C39H31NSSn. The molecule has 6 aromatic rings. The van der Waals surface area contributed by atoms with E-state index in [2.05, 4.69) is 170 Å². The second kappa shape index (κ2) is 9.93. The molecule has 0 N–H and O–H groups in total. The summed E-state index contributed by atoms with van der Waals surface area (Å²) >= 11 is -1.71. The van der Waals surface area contributed by atoms with Crippen molar-refractivity contribution in [1.29, 1.82) is 0 Å². The van der Waals surface area contributed by atoms with E-state index >= 15 is 0 Å². The first kappa shape index (κ1) is 25.9. The molecule has 2 aliphatic heterocycles. The average molecular weight is 664 g/mol. The first-order chi connectivity index (χ1) is 20.6. The molecule has 0 radical (unpaired) electrons. The summed E-state index contributed by atoms with van der Waals surface area (Å²) in [4.78, 5) is 5.26. The topological polar surface area (TPSA) is 3.24 Å². The van der Waals surface area contributed by atoms with Crippen molar-refractivity contribution in [3.05, 3.63) is 163 Å². The van der Waals surface area contributed by atoms with E-state index in [1.165, 1.54) is 48.7 Å². The van der Waals surface area contributed by atoms with Crippen LogP contribution in [0.25, 0.3) is 0 Å². The third kappa shape index (κ3) is 3.71. The molecule has 6 aromatic carbocycles. The van der Waals surface area contributed by atoms with E-state index in [9.17, 15) is 0 Å². The second-order valence-electron chi connectivity index (χ2n) is 11.8. The molecule has 2 heterocycles. The maximum atomic E-state index is 2.49. The van der Waals surface area contributed by atoms with Crippen LogP contribution in [0.1, 0.15) is 25.0 Å². The van der Waals surface area contributed by atoms with Gasteiger partial charge < -0.3 is 0 Å². The number of benzene rings is 6. The van der Waals surface area contributed by atoms with Crippen molar-refractivity contribution < 1.29 is 0 Å². The summed E-state index contributed by atoms with van der Waals surface area (Å²) in [5.41, 5.74) is 6.41. The fourth-order valence-corrected chi connectivity index (χ4v) is 24.9. The monoisotopic (exact) mass is 665 g/mol. The fourth-order valence-electron chi connectivity index (χ4n) is 7.29. The molecular weight excluding hydrogens is 633 g/mol. The second-order valence-corrected chi connectivity index (χ2v) is 23.5. The number of fused-ring (bicyclic) bond motifs is 4. The quantitative estimate of drug-likeness (QED) is 0.179. The number of hydrogen-bond donors (Lipinski definition) is 0. The van der Waals surface area contributed by atoms with Gasteiger partial charge in [-0.25, -0.2) is 0 Å². The van der Waals surface area contributed by atoms with Crippen molar-refractivity contribution in [2.24, 2.45) is 0 Å². The number of anilines is 3. The SMILES string of the molecule is CC1(C)c2ccccc2N(c2cc[c]3c(c2)Sc2cccc[c]2[Sn]3([c]2ccccc2)[c]2ccccc2)c2ccccc21. The molecule has 0 unspecified atom stereocenters. The first-order valence-electron chi connectivity index (χ1n) is 14.6. The molecule has 0 aromatic heterocycles. The van der Waals surface area contributed by atoms with E-state index in [1.54, 1.807) is 3.58 Å². The van der Waals surface area contributed by atoms with Crippen LogP contribution in [0.5, 0.6) is 0 Å². The van der Waals surface area contributed by atoms with Gasteiger partial charge in [-0.05, 0) is 0 Å². The first-order valence-corrected chi connectivity index (χ1v) is 21.1. The van der Waals surface area contributed by atoms with Crippen LogP contribution in [0.15, 0.2) is 161 Å². The Labute approximate surface area is 256 Å². The molecule has 0 spiro atoms. The maximum absolute atomic E-state index is 3.65. The number of rotatable bonds is 3. The van der Waals surface area contributed by atoms with E-state index in [1.807, 2.05) is 11.8 Å². The summed E-state index contributed by atoms with van der Waals surface area (Å²) in [6, 6.07) is 57.1. The van der Waals surface area contributed by atoms with Gasteiger partial charge in [0.2, 0.25) is 0 Å². The Balaban J connectivity index is 1.41. The molecule has 0 saturated heterocycles. The van der Waals surface area contributed by atoms with Crippen molar-refractivity contribution in [2.75, 3.05) is 4.90 Å². The van der Waals surface area contributed by atoms with E-state index in [4.69, 9.17) is 0 Å². The Bertz CT molecular complexity index is 1860. The molecule has 42 heavy (non-hydrogen) atoms. The van der Waals surface area contributed by atoms with E-state index < -0.39 is 18.4 Å². The molecule has 2 aliphatic rings. The molecule has 0 amide bonds. The Hall–Kier alpha value is -3.73. The standard InChI is InChI=1S/C27H21NS.2C6H5.Sn/c1-27(2)23-15-6-8-17-25(23)28(26-18-9-7-16-24(26)27)20-11-10-14-22(19-20)29-21-12-4-3-5-13-21;2*1-2-4-6-5-3-1;/h3-12,15-19H,1-2H3;2*1-5H;. The van der Waals surface area contributed by atoms with Crippen molar-refractivity contribution >= 4 is 61.5 Å². The molecule has 202 valence electrons. The zero-order valence-electron chi connectivity index (χ0n) is 23.8. The normalized spacial score (nSPS) is 15.6. The van der Waals surface area contributed by atoms with E-state index in [0.29, 0.717) is 0 Å². The molecule has 0 fully saturated rings. The average Bonchev–Trinajstić information content (AvgIpc) is 3.04. The van der Waals surface area contributed by atoms with Crippen molar-refractivity contribution in [3.63, 3.8) is 0 Å². The Morgan fingerprint density at radius 1 is 0.500 bits per heavy atom. The third-order valence-corrected chi connectivity index (χ3v) is 25.3. The summed E-state index contributed by atoms with van der Waals surface area (Å²) in [6.45, 7) is 4.70. The minimum atomic E-state index is -3.65. The zero-order chi connectivity index (χ0) is 28.3. The van der Waals surface area contributed by atoms with Crippen molar-refractivity contribution in [2.45, 2.75) is 29.1 Å². The number of para-hydroxylation sites is 2. The predicted octanol–water partition coefficient (Wildman–Crippen LogP) is 7.64. The molecule has 0 bridgehead atoms. The Morgan fingerprint density at radius 2 is 1.00 bits per heavy atom. The minimum absolute atomic E-state index is 0.0716. The van der Waals surface area contributed by atoms with Crippen molar-refractivity contribution in [1.82, 2.24) is 0 Å². The summed E-state index contributed by atoms with van der Waals surface area (Å²) in [6.07, 6.45) is 0. The van der Waals surface area contributed by atoms with Crippen LogP contribution in [0, 0.1) is 0 Å². The fraction of sp³-hybridized carbons (Fsp3) is 0.0769. The van der Waals surface area contributed by atoms with Gasteiger partial charge in [-0.1, -0.05) is 0 Å². The van der Waals surface area contributed by atoms with Gasteiger partial charge in [0, 0.05) is 0 Å². The van der Waals surface area contributed by atoms with Crippen LogP contribution in [0.3, 0.4) is 0 Å². The van der Waals surface area contributed by atoms with Crippen LogP contribution in [-0.4, -0.2) is 18.4 Å². The van der Waals surface area contributed by atoms with Crippen LogP contribution < -0.4 is 19.2 Å². The molecule has 1 nitrogen and oxygen atoms in total. The summed E-state index contributed by atoms with van der Waals surface area (Å²) in [7, 11) is 0. The summed E-state index contributed by atoms with van der Waals surface area (Å²) in [5, 5.41) is 0. The van der Waals surface area contributed by atoms with Gasteiger partial charge in [-0.2, -0.15) is 0 Å². The molecule has 0 atom stereocenters. The Kier molecular flexibility index (Phi) is 6.13. The third-order valence-electron chi connectivity index (χ3n) is 9.19. The zero-order valence-corrected chi connectivity index (χ0v) is 27.5. The predicted molar refractivity (Wildman–Crippen MR) is 181 cm³/mol. The molecule has 8 rings (SSSR count). The number of nitrogens with zero attached hydrogens (tertiary/aromatic N) is 1. The molecule has 3 heteroatoms. The summed E-state index contributed by atoms with van der Waals surface area (Å²) in [5.74, 6) is 0. The molecule has 0 saturated carbocycles. The van der Waals surface area contributed by atoms with Gasteiger partial charge >= 0.3 is 258 Å².